The topological polar surface area (TPSA) is 65.8 Å². The molecule has 1 aromatic carbocycles. The standard InChI is InChI=1S/C19H22ClN3O3/c1-19(2,14-5-7-15(20)8-6-14)21-18(25)23-11-9-22(10-12-23)17(24)16-4-3-13-26-16/h3-8,13H,9-12H2,1-2H3,(H,21,25). The summed E-state index contributed by atoms with van der Waals surface area (Å²) in [5, 5.41) is 3.72. The number of rotatable bonds is 3. The van der Waals surface area contributed by atoms with E-state index in [-0.39, 0.29) is 11.9 Å². The fourth-order valence-corrected chi connectivity index (χ4v) is 3.08. The molecule has 1 aromatic heterocycles. The second kappa shape index (κ2) is 7.41. The molecule has 0 radical (unpaired) electrons. The minimum absolute atomic E-state index is 0.142. The summed E-state index contributed by atoms with van der Waals surface area (Å²) in [6.07, 6.45) is 1.48. The Hall–Kier alpha value is -2.47. The van der Waals surface area contributed by atoms with Crippen molar-refractivity contribution in [2.45, 2.75) is 19.4 Å². The third-order valence-electron chi connectivity index (χ3n) is 4.57. The van der Waals surface area contributed by atoms with Crippen LogP contribution in [0.15, 0.2) is 47.1 Å². The molecule has 138 valence electrons. The largest absolute Gasteiger partial charge is 0.459 e. The Kier molecular flexibility index (Phi) is 5.23. The van der Waals surface area contributed by atoms with E-state index in [0.717, 1.165) is 5.56 Å². The summed E-state index contributed by atoms with van der Waals surface area (Å²) in [7, 11) is 0. The number of furan rings is 1. The summed E-state index contributed by atoms with van der Waals surface area (Å²) < 4.78 is 5.15. The van der Waals surface area contributed by atoms with Crippen molar-refractivity contribution in [3.05, 3.63) is 59.0 Å². The highest BCUT2D eigenvalue weighted by Crippen LogP contribution is 2.22. The van der Waals surface area contributed by atoms with Gasteiger partial charge in [-0.2, -0.15) is 0 Å². The molecule has 1 saturated heterocycles. The van der Waals surface area contributed by atoms with Crippen molar-refractivity contribution < 1.29 is 14.0 Å². The maximum Gasteiger partial charge on any atom is 0.318 e. The molecule has 0 spiro atoms. The first-order chi connectivity index (χ1) is 12.4. The summed E-state index contributed by atoms with van der Waals surface area (Å²) in [5.74, 6) is 0.184. The molecule has 0 unspecified atom stereocenters. The molecule has 2 heterocycles. The van der Waals surface area contributed by atoms with Crippen molar-refractivity contribution >= 4 is 23.5 Å². The van der Waals surface area contributed by atoms with Gasteiger partial charge in [0.15, 0.2) is 5.76 Å². The summed E-state index contributed by atoms with van der Waals surface area (Å²) >= 11 is 5.93. The zero-order chi connectivity index (χ0) is 18.7. The van der Waals surface area contributed by atoms with E-state index < -0.39 is 5.54 Å². The molecule has 3 amide bonds. The van der Waals surface area contributed by atoms with Gasteiger partial charge in [0, 0.05) is 31.2 Å². The summed E-state index contributed by atoms with van der Waals surface area (Å²) in [6, 6.07) is 10.6. The Bertz CT molecular complexity index is 764. The number of piperazine rings is 1. The van der Waals surface area contributed by atoms with Crippen molar-refractivity contribution in [1.29, 1.82) is 0 Å². The van der Waals surface area contributed by atoms with Gasteiger partial charge in [-0.15, -0.1) is 0 Å². The first-order valence-corrected chi connectivity index (χ1v) is 8.90. The Morgan fingerprint density at radius 1 is 1.04 bits per heavy atom. The molecule has 6 nitrogen and oxygen atoms in total. The maximum absolute atomic E-state index is 12.6. The van der Waals surface area contributed by atoms with Crippen LogP contribution in [0.3, 0.4) is 0 Å². The van der Waals surface area contributed by atoms with E-state index in [4.69, 9.17) is 16.0 Å². The van der Waals surface area contributed by atoms with Crippen LogP contribution in [0.1, 0.15) is 30.0 Å². The zero-order valence-corrected chi connectivity index (χ0v) is 15.6. The molecule has 0 atom stereocenters. The normalized spacial score (nSPS) is 15.0. The highest BCUT2D eigenvalue weighted by molar-refractivity contribution is 6.30. The number of amides is 3. The van der Waals surface area contributed by atoms with Crippen molar-refractivity contribution in [3.63, 3.8) is 0 Å². The van der Waals surface area contributed by atoms with Crippen LogP contribution in [0.2, 0.25) is 5.02 Å². The Balaban J connectivity index is 1.56. The second-order valence-electron chi connectivity index (χ2n) is 6.82. The highest BCUT2D eigenvalue weighted by atomic mass is 35.5. The van der Waals surface area contributed by atoms with Crippen LogP contribution in [0.4, 0.5) is 4.79 Å². The molecule has 26 heavy (non-hydrogen) atoms. The van der Waals surface area contributed by atoms with Gasteiger partial charge in [0.1, 0.15) is 0 Å². The van der Waals surface area contributed by atoms with E-state index in [2.05, 4.69) is 5.32 Å². The molecular formula is C19H22ClN3O3. The third-order valence-corrected chi connectivity index (χ3v) is 4.82. The van der Waals surface area contributed by atoms with Gasteiger partial charge in [0.25, 0.3) is 5.91 Å². The number of nitrogens with one attached hydrogen (secondary N) is 1. The zero-order valence-electron chi connectivity index (χ0n) is 14.9. The van der Waals surface area contributed by atoms with Gasteiger partial charge in [-0.25, -0.2) is 4.79 Å². The van der Waals surface area contributed by atoms with E-state index >= 15 is 0 Å². The Morgan fingerprint density at radius 2 is 1.65 bits per heavy atom. The van der Waals surface area contributed by atoms with Gasteiger partial charge >= 0.3 is 6.03 Å². The molecule has 1 N–H and O–H groups in total. The summed E-state index contributed by atoms with van der Waals surface area (Å²) in [4.78, 5) is 28.3. The number of nitrogens with zero attached hydrogens (tertiary/aromatic N) is 2. The average molecular weight is 376 g/mol. The first kappa shape index (κ1) is 18.3. The lowest BCUT2D eigenvalue weighted by Gasteiger charge is -2.37. The minimum Gasteiger partial charge on any atom is -0.459 e. The lowest BCUT2D eigenvalue weighted by atomic mass is 9.94. The number of urea groups is 1. The van der Waals surface area contributed by atoms with Crippen molar-refractivity contribution in [3.8, 4) is 0 Å². The number of benzene rings is 1. The molecule has 0 bridgehead atoms. The molecule has 1 aliphatic rings. The van der Waals surface area contributed by atoms with Crippen molar-refractivity contribution in [1.82, 2.24) is 15.1 Å². The number of carbonyl (C=O) groups excluding carboxylic acids is 2. The SMILES string of the molecule is CC(C)(NC(=O)N1CCN(C(=O)c2ccco2)CC1)c1ccc(Cl)cc1. The van der Waals surface area contributed by atoms with Crippen LogP contribution in [-0.4, -0.2) is 47.9 Å². The predicted octanol–water partition coefficient (Wildman–Crippen LogP) is 3.34. The lowest BCUT2D eigenvalue weighted by molar-refractivity contribution is 0.0630. The molecule has 7 heteroatoms. The molecule has 1 aliphatic heterocycles. The molecule has 1 fully saturated rings. The van der Waals surface area contributed by atoms with E-state index in [1.807, 2.05) is 38.1 Å². The number of hydrogen-bond donors (Lipinski definition) is 1. The minimum atomic E-state index is -0.525. The first-order valence-electron chi connectivity index (χ1n) is 8.53. The second-order valence-corrected chi connectivity index (χ2v) is 7.26. The number of hydrogen-bond acceptors (Lipinski definition) is 3. The van der Waals surface area contributed by atoms with Gasteiger partial charge in [0.05, 0.1) is 11.8 Å². The maximum atomic E-state index is 12.6. The number of carbonyl (C=O) groups is 2. The summed E-state index contributed by atoms with van der Waals surface area (Å²) in [6.45, 7) is 5.82. The van der Waals surface area contributed by atoms with Crippen LogP contribution < -0.4 is 5.32 Å². The monoisotopic (exact) mass is 375 g/mol. The van der Waals surface area contributed by atoms with E-state index in [0.29, 0.717) is 37.0 Å². The lowest BCUT2D eigenvalue weighted by Crippen LogP contribution is -2.55. The van der Waals surface area contributed by atoms with Gasteiger partial charge in [0.2, 0.25) is 0 Å². The van der Waals surface area contributed by atoms with E-state index in [1.165, 1.54) is 6.26 Å². The molecule has 0 saturated carbocycles. The van der Waals surface area contributed by atoms with Crippen LogP contribution in [0.25, 0.3) is 0 Å². The van der Waals surface area contributed by atoms with Gasteiger partial charge in [-0.1, -0.05) is 23.7 Å². The van der Waals surface area contributed by atoms with Crippen LogP contribution in [0.5, 0.6) is 0 Å². The van der Waals surface area contributed by atoms with Crippen LogP contribution in [0, 0.1) is 0 Å². The average Bonchev–Trinajstić information content (AvgIpc) is 3.16. The van der Waals surface area contributed by atoms with Crippen molar-refractivity contribution in [2.24, 2.45) is 0 Å². The molecule has 3 rings (SSSR count). The van der Waals surface area contributed by atoms with Gasteiger partial charge in [-0.05, 0) is 43.7 Å². The Morgan fingerprint density at radius 3 is 2.23 bits per heavy atom. The third kappa shape index (κ3) is 4.02. The van der Waals surface area contributed by atoms with Crippen LogP contribution >= 0.6 is 11.6 Å². The van der Waals surface area contributed by atoms with Crippen molar-refractivity contribution in [2.75, 3.05) is 26.2 Å². The highest BCUT2D eigenvalue weighted by Gasteiger charge is 2.29. The molecule has 0 aliphatic carbocycles. The van der Waals surface area contributed by atoms with Gasteiger partial charge < -0.3 is 19.5 Å². The number of halogens is 1. The quantitative estimate of drug-likeness (QED) is 0.894. The molecule has 2 aromatic rings. The van der Waals surface area contributed by atoms with E-state index in [1.54, 1.807) is 21.9 Å². The van der Waals surface area contributed by atoms with E-state index in [9.17, 15) is 9.59 Å². The summed E-state index contributed by atoms with van der Waals surface area (Å²) in [5.41, 5.74) is 0.449. The molecular weight excluding hydrogens is 354 g/mol. The fraction of sp³-hybridized carbons (Fsp3) is 0.368. The predicted molar refractivity (Wildman–Crippen MR) is 99.2 cm³/mol. The van der Waals surface area contributed by atoms with Gasteiger partial charge in [-0.3, -0.25) is 4.79 Å². The fourth-order valence-electron chi connectivity index (χ4n) is 2.95. The van der Waals surface area contributed by atoms with Crippen LogP contribution in [-0.2, 0) is 5.54 Å². The Labute approximate surface area is 157 Å². The smallest absolute Gasteiger partial charge is 0.318 e.